The Bertz CT molecular complexity index is 144. The molecule has 0 rings (SSSR count). The first kappa shape index (κ1) is 11.0. The lowest BCUT2D eigenvalue weighted by Gasteiger charge is -2.07. The van der Waals surface area contributed by atoms with E-state index in [1.807, 2.05) is 13.8 Å². The summed E-state index contributed by atoms with van der Waals surface area (Å²) >= 11 is 0. The molecule has 0 saturated carbocycles. The third kappa shape index (κ3) is 4.79. The second-order valence-corrected chi connectivity index (χ2v) is 2.15. The molecule has 0 radical (unpaired) electrons. The van der Waals surface area contributed by atoms with Crippen LogP contribution in [0.15, 0.2) is 0 Å². The van der Waals surface area contributed by atoms with Gasteiger partial charge in [-0.05, 0) is 13.8 Å². The first-order chi connectivity index (χ1) is 5.72. The van der Waals surface area contributed by atoms with Gasteiger partial charge in [0.2, 0.25) is 0 Å². The second-order valence-electron chi connectivity index (χ2n) is 2.15. The van der Waals surface area contributed by atoms with Crippen molar-refractivity contribution >= 4 is 5.96 Å². The van der Waals surface area contributed by atoms with Crippen LogP contribution in [0.3, 0.4) is 0 Å². The van der Waals surface area contributed by atoms with Crippen LogP contribution >= 0.6 is 0 Å². The summed E-state index contributed by atoms with van der Waals surface area (Å²) in [6.45, 7) is 6.19. The minimum absolute atomic E-state index is 0.175. The number of nitrogens with zero attached hydrogens (tertiary/aromatic N) is 1. The van der Waals surface area contributed by atoms with Crippen LogP contribution in [0, 0.1) is 0 Å². The molecule has 4 N–H and O–H groups in total. The molecule has 0 bridgehead atoms. The lowest BCUT2D eigenvalue weighted by Crippen LogP contribution is -2.36. The molecular formula is C7H18N3O2+. The summed E-state index contributed by atoms with van der Waals surface area (Å²) in [4.78, 5) is 5.18. The molecule has 0 aliphatic heterocycles. The summed E-state index contributed by atoms with van der Waals surface area (Å²) in [5.74, 6) is 0.175. The summed E-state index contributed by atoms with van der Waals surface area (Å²) in [7, 11) is 0. The molecule has 0 spiro atoms. The van der Waals surface area contributed by atoms with Gasteiger partial charge in [-0.15, -0.1) is 0 Å². The van der Waals surface area contributed by atoms with E-state index in [1.165, 1.54) is 4.74 Å². The molecule has 0 unspecified atom stereocenters. The van der Waals surface area contributed by atoms with Gasteiger partial charge < -0.3 is 9.57 Å². The minimum Gasteiger partial charge on any atom is -0.378 e. The number of rotatable bonds is 6. The fourth-order valence-electron chi connectivity index (χ4n) is 0.699. The summed E-state index contributed by atoms with van der Waals surface area (Å²) in [5.41, 5.74) is 10.6. The van der Waals surface area contributed by atoms with Gasteiger partial charge in [0.1, 0.15) is 6.54 Å². The van der Waals surface area contributed by atoms with Gasteiger partial charge in [-0.25, -0.2) is 0 Å². The first-order valence-corrected chi connectivity index (χ1v) is 4.08. The van der Waals surface area contributed by atoms with E-state index in [0.29, 0.717) is 26.4 Å². The van der Waals surface area contributed by atoms with E-state index in [2.05, 4.69) is 0 Å². The Kier molecular flexibility index (Phi) is 6.18. The van der Waals surface area contributed by atoms with Crippen molar-refractivity contribution in [1.29, 1.82) is 0 Å². The first-order valence-electron chi connectivity index (χ1n) is 4.08. The third-order valence-electron chi connectivity index (χ3n) is 1.25. The summed E-state index contributed by atoms with van der Waals surface area (Å²) < 4.78 is 6.50. The van der Waals surface area contributed by atoms with Gasteiger partial charge in [0.15, 0.2) is 6.61 Å². The van der Waals surface area contributed by atoms with Gasteiger partial charge in [-0.2, -0.15) is 0 Å². The Labute approximate surface area is 72.9 Å². The van der Waals surface area contributed by atoms with Crippen molar-refractivity contribution < 1.29 is 14.3 Å². The zero-order valence-corrected chi connectivity index (χ0v) is 7.75. The van der Waals surface area contributed by atoms with Crippen LogP contribution in [0.4, 0.5) is 0 Å². The average molecular weight is 176 g/mol. The molecule has 5 heteroatoms. The van der Waals surface area contributed by atoms with E-state index < -0.39 is 0 Å². The van der Waals surface area contributed by atoms with Gasteiger partial charge in [0, 0.05) is 6.61 Å². The quantitative estimate of drug-likeness (QED) is 0.184. The van der Waals surface area contributed by atoms with E-state index in [0.717, 1.165) is 0 Å². The number of hydroxylamine groups is 1. The van der Waals surface area contributed by atoms with E-state index in [4.69, 9.17) is 21.0 Å². The minimum atomic E-state index is 0.175. The molecule has 0 amide bonds. The maximum atomic E-state index is 5.32. The van der Waals surface area contributed by atoms with Gasteiger partial charge in [0.25, 0.3) is 0 Å². The number of nitrogens with two attached hydrogens (primary N) is 2. The maximum Gasteiger partial charge on any atom is 0.377 e. The number of guanidine groups is 1. The van der Waals surface area contributed by atoms with Gasteiger partial charge >= 0.3 is 5.96 Å². The van der Waals surface area contributed by atoms with E-state index >= 15 is 0 Å². The standard InChI is InChI=1S/C7H17N3O2/c1-3-10(7(8)9)12-6-5-11-4-2/h3-6H2,1-2H3,(H3,8,9)/p+1. The highest BCUT2D eigenvalue weighted by Crippen LogP contribution is 1.80. The lowest BCUT2D eigenvalue weighted by molar-refractivity contribution is -0.787. The largest absolute Gasteiger partial charge is 0.378 e. The highest BCUT2D eigenvalue weighted by Gasteiger charge is 2.00. The van der Waals surface area contributed by atoms with E-state index in [9.17, 15) is 0 Å². The van der Waals surface area contributed by atoms with Crippen molar-refractivity contribution in [2.24, 2.45) is 11.5 Å². The molecule has 0 fully saturated rings. The lowest BCUT2D eigenvalue weighted by atomic mass is 10.7. The Morgan fingerprint density at radius 2 is 1.92 bits per heavy atom. The zero-order valence-electron chi connectivity index (χ0n) is 7.75. The van der Waals surface area contributed by atoms with Crippen molar-refractivity contribution in [2.75, 3.05) is 26.4 Å². The molecule has 0 heterocycles. The zero-order chi connectivity index (χ0) is 9.40. The summed E-state index contributed by atoms with van der Waals surface area (Å²) in [6.07, 6.45) is 0. The van der Waals surface area contributed by atoms with Crippen LogP contribution in [0.5, 0.6) is 0 Å². The van der Waals surface area contributed by atoms with Crippen LogP contribution in [-0.2, 0) is 9.57 Å². The van der Waals surface area contributed by atoms with Crippen molar-refractivity contribution in [3.63, 3.8) is 0 Å². The molecule has 0 atom stereocenters. The maximum absolute atomic E-state index is 5.32. The normalized spacial score (nSPS) is 9.50. The van der Waals surface area contributed by atoms with Crippen LogP contribution in [0.1, 0.15) is 13.8 Å². The van der Waals surface area contributed by atoms with Crippen molar-refractivity contribution in [3.8, 4) is 0 Å². The Morgan fingerprint density at radius 1 is 1.25 bits per heavy atom. The van der Waals surface area contributed by atoms with Gasteiger partial charge in [-0.1, -0.05) is 4.74 Å². The number of hydrogen-bond acceptors (Lipinski definition) is 2. The van der Waals surface area contributed by atoms with Crippen molar-refractivity contribution in [2.45, 2.75) is 13.8 Å². The second kappa shape index (κ2) is 6.72. The fourth-order valence-corrected chi connectivity index (χ4v) is 0.699. The average Bonchev–Trinajstić information content (AvgIpc) is 2.04. The molecule has 0 aliphatic carbocycles. The fraction of sp³-hybridized carbons (Fsp3) is 0.857. The Morgan fingerprint density at radius 3 is 2.33 bits per heavy atom. The molecule has 0 aromatic carbocycles. The predicted molar refractivity (Wildman–Crippen MR) is 46.6 cm³/mol. The summed E-state index contributed by atoms with van der Waals surface area (Å²) in [5, 5.41) is 0. The number of ether oxygens (including phenoxy) is 1. The molecule has 12 heavy (non-hydrogen) atoms. The van der Waals surface area contributed by atoms with Crippen LogP contribution < -0.4 is 11.5 Å². The van der Waals surface area contributed by atoms with Gasteiger partial charge in [0.05, 0.1) is 6.61 Å². The third-order valence-corrected chi connectivity index (χ3v) is 1.25. The molecule has 0 aromatic rings. The molecule has 5 nitrogen and oxygen atoms in total. The Hall–Kier alpha value is -0.970. The van der Waals surface area contributed by atoms with Gasteiger partial charge in [-0.3, -0.25) is 11.5 Å². The van der Waals surface area contributed by atoms with Crippen LogP contribution in [0.2, 0.25) is 0 Å². The van der Waals surface area contributed by atoms with Crippen molar-refractivity contribution in [3.05, 3.63) is 0 Å². The monoisotopic (exact) mass is 176 g/mol. The number of hydrogen-bond donors (Lipinski definition) is 2. The van der Waals surface area contributed by atoms with Crippen LogP contribution in [0.25, 0.3) is 0 Å². The predicted octanol–water partition coefficient (Wildman–Crippen LogP) is -0.740. The summed E-state index contributed by atoms with van der Waals surface area (Å²) in [6, 6.07) is 0. The molecule has 0 aliphatic rings. The van der Waals surface area contributed by atoms with E-state index in [1.54, 1.807) is 0 Å². The molecule has 0 aromatic heterocycles. The highest BCUT2D eigenvalue weighted by molar-refractivity contribution is 5.69. The van der Waals surface area contributed by atoms with Crippen molar-refractivity contribution in [1.82, 2.24) is 0 Å². The molecular weight excluding hydrogens is 158 g/mol. The SMILES string of the molecule is CCOCCO[N+](CC)=C(N)N. The Balaban J connectivity index is 3.53. The topological polar surface area (TPSA) is 73.5 Å². The molecule has 72 valence electrons. The molecule has 0 saturated heterocycles. The smallest absolute Gasteiger partial charge is 0.377 e. The van der Waals surface area contributed by atoms with E-state index in [-0.39, 0.29) is 5.96 Å². The highest BCUT2D eigenvalue weighted by atomic mass is 16.7. The van der Waals surface area contributed by atoms with Crippen LogP contribution in [-0.4, -0.2) is 37.1 Å².